The summed E-state index contributed by atoms with van der Waals surface area (Å²) in [6.45, 7) is 0. The lowest BCUT2D eigenvalue weighted by Gasteiger charge is -2.35. The summed E-state index contributed by atoms with van der Waals surface area (Å²) in [5, 5.41) is 7.68. The monoisotopic (exact) mass is 400 g/mol. The van der Waals surface area contributed by atoms with Crippen LogP contribution in [0.5, 0.6) is 0 Å². The van der Waals surface area contributed by atoms with Crippen LogP contribution in [0.15, 0.2) is 72.2 Å². The molecule has 1 N–H and O–H groups in total. The summed E-state index contributed by atoms with van der Waals surface area (Å²) >= 11 is 0. The zero-order chi connectivity index (χ0) is 20.7. The minimum absolute atomic E-state index is 0.0980. The Bertz CT molecular complexity index is 1150. The van der Waals surface area contributed by atoms with E-state index in [4.69, 9.17) is 4.74 Å². The molecule has 0 amide bonds. The topological polar surface area (TPSA) is 86.1 Å². The molecule has 3 aromatic rings. The van der Waals surface area contributed by atoms with Gasteiger partial charge in [0.2, 0.25) is 5.95 Å². The summed E-state index contributed by atoms with van der Waals surface area (Å²) in [5.41, 5.74) is 4.09. The molecule has 7 nitrogen and oxygen atoms in total. The molecule has 1 aromatic heterocycles. The number of Topliss-reactive ketones (excluding diaryl/α,β-unsaturated/α-hetero) is 1. The van der Waals surface area contributed by atoms with Gasteiger partial charge < -0.3 is 10.1 Å². The van der Waals surface area contributed by atoms with Crippen LogP contribution in [0.3, 0.4) is 0 Å². The van der Waals surface area contributed by atoms with Gasteiger partial charge in [0.15, 0.2) is 5.78 Å². The summed E-state index contributed by atoms with van der Waals surface area (Å²) in [4.78, 5) is 29.4. The van der Waals surface area contributed by atoms with Gasteiger partial charge in [-0.15, -0.1) is 0 Å². The first-order valence-electron chi connectivity index (χ1n) is 9.81. The molecular formula is C23H20N4O3. The molecule has 0 saturated carbocycles. The highest BCUT2D eigenvalue weighted by Crippen LogP contribution is 2.43. The number of benzene rings is 2. The highest BCUT2D eigenvalue weighted by molar-refractivity contribution is 6.00. The van der Waals surface area contributed by atoms with E-state index in [1.165, 1.54) is 13.4 Å². The Morgan fingerprint density at radius 1 is 1.07 bits per heavy atom. The quantitative estimate of drug-likeness (QED) is 0.678. The molecule has 2 aromatic carbocycles. The van der Waals surface area contributed by atoms with Gasteiger partial charge in [0.05, 0.1) is 12.7 Å². The van der Waals surface area contributed by atoms with Crippen LogP contribution in [0.4, 0.5) is 5.95 Å². The third-order valence-electron chi connectivity index (χ3n) is 5.78. The fourth-order valence-corrected chi connectivity index (χ4v) is 4.34. The molecule has 2 heterocycles. The van der Waals surface area contributed by atoms with Crippen LogP contribution in [-0.4, -0.2) is 33.6 Å². The highest BCUT2D eigenvalue weighted by Gasteiger charge is 2.39. The minimum atomic E-state index is -0.396. The number of anilines is 1. The van der Waals surface area contributed by atoms with E-state index in [9.17, 15) is 9.59 Å². The van der Waals surface area contributed by atoms with Gasteiger partial charge >= 0.3 is 5.97 Å². The van der Waals surface area contributed by atoms with E-state index in [0.29, 0.717) is 23.5 Å². The lowest BCUT2D eigenvalue weighted by atomic mass is 9.78. The summed E-state index contributed by atoms with van der Waals surface area (Å²) in [6.07, 6.45) is 2.66. The van der Waals surface area contributed by atoms with E-state index in [1.54, 1.807) is 16.8 Å². The van der Waals surface area contributed by atoms with E-state index in [0.717, 1.165) is 23.2 Å². The molecule has 0 saturated heterocycles. The van der Waals surface area contributed by atoms with E-state index in [2.05, 4.69) is 27.5 Å². The van der Waals surface area contributed by atoms with Gasteiger partial charge in [-0.2, -0.15) is 10.1 Å². The highest BCUT2D eigenvalue weighted by atomic mass is 16.5. The Balaban J connectivity index is 1.56. The van der Waals surface area contributed by atoms with Crippen molar-refractivity contribution in [3.05, 3.63) is 88.9 Å². The van der Waals surface area contributed by atoms with Crippen molar-refractivity contribution in [1.82, 2.24) is 14.8 Å². The number of allylic oxidation sites excluding steroid dienone is 2. The molecule has 30 heavy (non-hydrogen) atoms. The Labute approximate surface area is 173 Å². The maximum atomic E-state index is 13.3. The molecule has 7 heteroatoms. The van der Waals surface area contributed by atoms with Crippen molar-refractivity contribution in [2.24, 2.45) is 0 Å². The van der Waals surface area contributed by atoms with Crippen molar-refractivity contribution in [3.8, 4) is 0 Å². The number of carbonyl (C=O) groups is 2. The lowest BCUT2D eigenvalue weighted by Crippen LogP contribution is -2.33. The van der Waals surface area contributed by atoms with Gasteiger partial charge in [0.25, 0.3) is 0 Å². The number of ether oxygens (including phenoxy) is 1. The average molecular weight is 400 g/mol. The van der Waals surface area contributed by atoms with Gasteiger partial charge in [-0.3, -0.25) is 4.79 Å². The lowest BCUT2D eigenvalue weighted by molar-refractivity contribution is -0.116. The Hall–Kier alpha value is -3.74. The number of carbonyl (C=O) groups excluding carboxylic acids is 2. The van der Waals surface area contributed by atoms with Gasteiger partial charge in [-0.25, -0.2) is 9.48 Å². The molecule has 0 radical (unpaired) electrons. The molecule has 0 bridgehead atoms. The molecule has 0 fully saturated rings. The predicted molar refractivity (Wildman–Crippen MR) is 110 cm³/mol. The fourth-order valence-electron chi connectivity index (χ4n) is 4.34. The number of aromatic nitrogens is 3. The largest absolute Gasteiger partial charge is 0.465 e. The first-order valence-corrected chi connectivity index (χ1v) is 9.81. The molecule has 2 aliphatic rings. The van der Waals surface area contributed by atoms with Crippen molar-refractivity contribution in [3.63, 3.8) is 0 Å². The van der Waals surface area contributed by atoms with Gasteiger partial charge in [0, 0.05) is 17.7 Å². The number of hydrogen-bond donors (Lipinski definition) is 1. The maximum Gasteiger partial charge on any atom is 0.337 e. The van der Waals surface area contributed by atoms with Crippen molar-refractivity contribution >= 4 is 17.7 Å². The van der Waals surface area contributed by atoms with Crippen molar-refractivity contribution in [1.29, 1.82) is 0 Å². The summed E-state index contributed by atoms with van der Waals surface area (Å²) in [7, 11) is 1.35. The second-order valence-electron chi connectivity index (χ2n) is 7.50. The van der Waals surface area contributed by atoms with Crippen molar-refractivity contribution in [2.45, 2.75) is 24.8 Å². The predicted octanol–water partition coefficient (Wildman–Crippen LogP) is 3.48. The van der Waals surface area contributed by atoms with Crippen LogP contribution in [0.2, 0.25) is 0 Å². The fraction of sp³-hybridized carbons (Fsp3) is 0.217. The Morgan fingerprint density at radius 3 is 2.57 bits per heavy atom. The van der Waals surface area contributed by atoms with E-state index >= 15 is 0 Å². The normalized spacial score (nSPS) is 20.2. The van der Waals surface area contributed by atoms with Gasteiger partial charge in [-0.1, -0.05) is 42.5 Å². The molecule has 1 aliphatic carbocycles. The molecule has 2 atom stereocenters. The van der Waals surface area contributed by atoms with Gasteiger partial charge in [-0.05, 0) is 35.6 Å². The van der Waals surface area contributed by atoms with E-state index < -0.39 is 5.97 Å². The molecular weight excluding hydrogens is 380 g/mol. The minimum Gasteiger partial charge on any atom is -0.465 e. The second kappa shape index (κ2) is 7.26. The number of fused-ring (bicyclic) bond motifs is 1. The molecule has 2 unspecified atom stereocenters. The van der Waals surface area contributed by atoms with Crippen LogP contribution in [0.25, 0.3) is 0 Å². The molecule has 1 aliphatic heterocycles. The van der Waals surface area contributed by atoms with Crippen LogP contribution < -0.4 is 5.32 Å². The smallest absolute Gasteiger partial charge is 0.337 e. The van der Waals surface area contributed by atoms with E-state index in [1.807, 2.05) is 30.3 Å². The van der Waals surface area contributed by atoms with Crippen molar-refractivity contribution in [2.75, 3.05) is 12.4 Å². The number of esters is 1. The zero-order valence-electron chi connectivity index (χ0n) is 16.4. The first kappa shape index (κ1) is 18.3. The second-order valence-corrected chi connectivity index (χ2v) is 7.50. The number of ketones is 1. The molecule has 0 spiro atoms. The number of methoxy groups -OCH3 is 1. The van der Waals surface area contributed by atoms with Gasteiger partial charge in [0.1, 0.15) is 12.4 Å². The number of rotatable bonds is 3. The van der Waals surface area contributed by atoms with E-state index in [-0.39, 0.29) is 17.7 Å². The third kappa shape index (κ3) is 2.99. The Kier molecular flexibility index (Phi) is 4.43. The molecule has 150 valence electrons. The van der Waals surface area contributed by atoms with Crippen LogP contribution in [0, 0.1) is 0 Å². The average Bonchev–Trinajstić information content (AvgIpc) is 3.26. The molecule has 5 rings (SSSR count). The number of nitrogens with one attached hydrogen (secondary N) is 1. The first-order chi connectivity index (χ1) is 14.7. The SMILES string of the molecule is COC(=O)c1ccc(C2C3=C(CC(c4ccccc4)CC3=O)Nc3ncnn32)cc1. The van der Waals surface area contributed by atoms with Crippen LogP contribution >= 0.6 is 0 Å². The van der Waals surface area contributed by atoms with Crippen LogP contribution in [-0.2, 0) is 9.53 Å². The summed E-state index contributed by atoms with van der Waals surface area (Å²) in [5.74, 6) is 0.438. The number of nitrogens with zero attached hydrogens (tertiary/aromatic N) is 3. The summed E-state index contributed by atoms with van der Waals surface area (Å²) in [6, 6.07) is 16.8. The standard InChI is InChI=1S/C23H20N4O3/c1-30-22(29)16-9-7-15(8-10-16)21-20-18(26-23-24-13-25-27(21)23)11-17(12-19(20)28)14-5-3-2-4-6-14/h2-10,13,17,21H,11-12H2,1H3,(H,24,25,26). The zero-order valence-corrected chi connectivity index (χ0v) is 16.4. The van der Waals surface area contributed by atoms with Crippen LogP contribution in [0.1, 0.15) is 46.3 Å². The van der Waals surface area contributed by atoms with Crippen molar-refractivity contribution < 1.29 is 14.3 Å². The maximum absolute atomic E-state index is 13.3. The number of hydrogen-bond acceptors (Lipinski definition) is 6. The Morgan fingerprint density at radius 2 is 1.83 bits per heavy atom. The third-order valence-corrected chi connectivity index (χ3v) is 5.78. The summed E-state index contributed by atoms with van der Waals surface area (Å²) < 4.78 is 6.51.